The molecular formula is C9H11ClIN. The standard InChI is InChI=1S/C9H11ClIN/c1-12(2)8-5-3-4-7(6-10)9(8)11/h3-5H,6H2,1-2H3. The smallest absolute Gasteiger partial charge is 0.0499 e. The third-order valence-electron chi connectivity index (χ3n) is 1.68. The number of benzene rings is 1. The van der Waals surface area contributed by atoms with Crippen molar-refractivity contribution in [3.63, 3.8) is 0 Å². The van der Waals surface area contributed by atoms with Crippen LogP contribution in [0.3, 0.4) is 0 Å². The van der Waals surface area contributed by atoms with Crippen LogP contribution in [0.2, 0.25) is 0 Å². The zero-order valence-electron chi connectivity index (χ0n) is 7.14. The summed E-state index contributed by atoms with van der Waals surface area (Å²) in [5.41, 5.74) is 2.43. The van der Waals surface area contributed by atoms with Crippen molar-refractivity contribution in [2.45, 2.75) is 5.88 Å². The normalized spacial score (nSPS) is 10.0. The third kappa shape index (κ3) is 2.04. The minimum atomic E-state index is 0.583. The molecule has 0 aliphatic heterocycles. The van der Waals surface area contributed by atoms with Gasteiger partial charge in [0.25, 0.3) is 0 Å². The van der Waals surface area contributed by atoms with Crippen LogP contribution >= 0.6 is 34.2 Å². The van der Waals surface area contributed by atoms with Gasteiger partial charge in [-0.1, -0.05) is 12.1 Å². The van der Waals surface area contributed by atoms with Gasteiger partial charge in [0, 0.05) is 29.2 Å². The molecule has 0 spiro atoms. The fraction of sp³-hybridized carbons (Fsp3) is 0.333. The van der Waals surface area contributed by atoms with E-state index in [0.717, 1.165) is 0 Å². The molecule has 3 heteroatoms. The molecule has 0 radical (unpaired) electrons. The van der Waals surface area contributed by atoms with Crippen molar-refractivity contribution in [1.82, 2.24) is 0 Å². The molecule has 0 N–H and O–H groups in total. The molecule has 0 bridgehead atoms. The number of alkyl halides is 1. The molecule has 1 nitrogen and oxygen atoms in total. The second kappa shape index (κ2) is 4.33. The van der Waals surface area contributed by atoms with E-state index in [-0.39, 0.29) is 0 Å². The molecule has 0 aliphatic carbocycles. The summed E-state index contributed by atoms with van der Waals surface area (Å²) < 4.78 is 1.25. The molecule has 0 fully saturated rings. The number of nitrogens with zero attached hydrogens (tertiary/aromatic N) is 1. The van der Waals surface area contributed by atoms with Crippen molar-refractivity contribution in [3.8, 4) is 0 Å². The maximum atomic E-state index is 5.79. The molecular weight excluding hydrogens is 284 g/mol. The Morgan fingerprint density at radius 2 is 2.08 bits per heavy atom. The highest BCUT2D eigenvalue weighted by atomic mass is 127. The molecule has 12 heavy (non-hydrogen) atoms. The number of rotatable bonds is 2. The fourth-order valence-corrected chi connectivity index (χ4v) is 2.50. The van der Waals surface area contributed by atoms with Crippen LogP contribution in [0.5, 0.6) is 0 Å². The number of halogens is 2. The number of hydrogen-bond acceptors (Lipinski definition) is 1. The Morgan fingerprint density at radius 3 is 2.58 bits per heavy atom. The van der Waals surface area contributed by atoms with Gasteiger partial charge in [-0.15, -0.1) is 11.6 Å². The second-order valence-electron chi connectivity index (χ2n) is 2.78. The van der Waals surface area contributed by atoms with Gasteiger partial charge in [0.15, 0.2) is 0 Å². The maximum absolute atomic E-state index is 5.79. The Labute approximate surface area is 91.9 Å². The van der Waals surface area contributed by atoms with Crippen molar-refractivity contribution in [3.05, 3.63) is 27.3 Å². The average Bonchev–Trinajstić information content (AvgIpc) is 2.04. The lowest BCUT2D eigenvalue weighted by Gasteiger charge is -2.15. The molecule has 0 heterocycles. The summed E-state index contributed by atoms with van der Waals surface area (Å²) in [5.74, 6) is 0.583. The first-order valence-corrected chi connectivity index (χ1v) is 5.29. The van der Waals surface area contributed by atoms with E-state index in [1.807, 2.05) is 20.2 Å². The first-order chi connectivity index (χ1) is 5.66. The van der Waals surface area contributed by atoms with Gasteiger partial charge in [0.2, 0.25) is 0 Å². The molecule has 0 atom stereocenters. The number of hydrogen-bond donors (Lipinski definition) is 0. The lowest BCUT2D eigenvalue weighted by atomic mass is 10.2. The van der Waals surface area contributed by atoms with Gasteiger partial charge < -0.3 is 4.90 Å². The highest BCUT2D eigenvalue weighted by molar-refractivity contribution is 14.1. The van der Waals surface area contributed by atoms with Crippen molar-refractivity contribution in [2.24, 2.45) is 0 Å². The summed E-state index contributed by atoms with van der Waals surface area (Å²) >= 11 is 8.12. The van der Waals surface area contributed by atoms with Crippen LogP contribution in [0, 0.1) is 3.57 Å². The van der Waals surface area contributed by atoms with Crippen LogP contribution in [0.1, 0.15) is 5.56 Å². The zero-order valence-corrected chi connectivity index (χ0v) is 10.1. The zero-order chi connectivity index (χ0) is 9.14. The number of anilines is 1. The fourth-order valence-electron chi connectivity index (χ4n) is 1.01. The van der Waals surface area contributed by atoms with Crippen molar-refractivity contribution < 1.29 is 0 Å². The average molecular weight is 296 g/mol. The molecule has 1 aromatic carbocycles. The van der Waals surface area contributed by atoms with Crippen LogP contribution in [0.15, 0.2) is 18.2 Å². The summed E-state index contributed by atoms with van der Waals surface area (Å²) in [4.78, 5) is 2.10. The van der Waals surface area contributed by atoms with Crippen LogP contribution in [-0.2, 0) is 5.88 Å². The molecule has 0 amide bonds. The van der Waals surface area contributed by atoms with Gasteiger partial charge in [-0.3, -0.25) is 0 Å². The van der Waals surface area contributed by atoms with E-state index in [0.29, 0.717) is 5.88 Å². The first-order valence-electron chi connectivity index (χ1n) is 3.67. The SMILES string of the molecule is CN(C)c1cccc(CCl)c1I. The Hall–Kier alpha value is 0.0400. The lowest BCUT2D eigenvalue weighted by molar-refractivity contribution is 1.11. The van der Waals surface area contributed by atoms with Gasteiger partial charge in [-0.25, -0.2) is 0 Å². The summed E-state index contributed by atoms with van der Waals surface area (Å²) in [6.07, 6.45) is 0. The molecule has 1 rings (SSSR count). The summed E-state index contributed by atoms with van der Waals surface area (Å²) in [6, 6.07) is 6.19. The van der Waals surface area contributed by atoms with Gasteiger partial charge in [0.1, 0.15) is 0 Å². The summed E-state index contributed by atoms with van der Waals surface area (Å²) in [7, 11) is 4.07. The Kier molecular flexibility index (Phi) is 3.65. The van der Waals surface area contributed by atoms with Crippen LogP contribution < -0.4 is 4.90 Å². The highest BCUT2D eigenvalue weighted by Crippen LogP contribution is 2.25. The van der Waals surface area contributed by atoms with E-state index >= 15 is 0 Å². The summed E-state index contributed by atoms with van der Waals surface area (Å²) in [6.45, 7) is 0. The third-order valence-corrected chi connectivity index (χ3v) is 3.22. The predicted octanol–water partition coefficient (Wildman–Crippen LogP) is 3.10. The Balaban J connectivity index is 3.14. The maximum Gasteiger partial charge on any atom is 0.0499 e. The monoisotopic (exact) mass is 295 g/mol. The molecule has 0 aromatic heterocycles. The van der Waals surface area contributed by atoms with E-state index in [9.17, 15) is 0 Å². The highest BCUT2D eigenvalue weighted by Gasteiger charge is 2.04. The van der Waals surface area contributed by atoms with Crippen LogP contribution in [0.25, 0.3) is 0 Å². The first kappa shape index (κ1) is 10.1. The molecule has 0 saturated heterocycles. The quantitative estimate of drug-likeness (QED) is 0.599. The van der Waals surface area contributed by atoms with E-state index in [2.05, 4.69) is 39.6 Å². The van der Waals surface area contributed by atoms with E-state index < -0.39 is 0 Å². The van der Waals surface area contributed by atoms with Gasteiger partial charge >= 0.3 is 0 Å². The topological polar surface area (TPSA) is 3.24 Å². The molecule has 1 aromatic rings. The Morgan fingerprint density at radius 1 is 1.42 bits per heavy atom. The molecule has 0 unspecified atom stereocenters. The van der Waals surface area contributed by atoms with E-state index in [1.54, 1.807) is 0 Å². The van der Waals surface area contributed by atoms with Crippen molar-refractivity contribution in [1.29, 1.82) is 0 Å². The van der Waals surface area contributed by atoms with E-state index in [4.69, 9.17) is 11.6 Å². The van der Waals surface area contributed by atoms with Crippen molar-refractivity contribution >= 4 is 39.9 Å². The van der Waals surface area contributed by atoms with E-state index in [1.165, 1.54) is 14.8 Å². The van der Waals surface area contributed by atoms with Gasteiger partial charge in [-0.05, 0) is 34.2 Å². The van der Waals surface area contributed by atoms with Crippen LogP contribution in [0.4, 0.5) is 5.69 Å². The predicted molar refractivity (Wildman–Crippen MR) is 63.0 cm³/mol. The minimum Gasteiger partial charge on any atom is -0.377 e. The largest absolute Gasteiger partial charge is 0.377 e. The molecule has 0 saturated carbocycles. The lowest BCUT2D eigenvalue weighted by Crippen LogP contribution is -2.10. The second-order valence-corrected chi connectivity index (χ2v) is 4.12. The van der Waals surface area contributed by atoms with Gasteiger partial charge in [-0.2, -0.15) is 0 Å². The minimum absolute atomic E-state index is 0.583. The van der Waals surface area contributed by atoms with Crippen molar-refractivity contribution in [2.75, 3.05) is 19.0 Å². The molecule has 66 valence electrons. The van der Waals surface area contributed by atoms with Crippen LogP contribution in [-0.4, -0.2) is 14.1 Å². The Bertz CT molecular complexity index is 273. The molecule has 0 aliphatic rings. The summed E-state index contributed by atoms with van der Waals surface area (Å²) in [5, 5.41) is 0. The van der Waals surface area contributed by atoms with Gasteiger partial charge in [0.05, 0.1) is 0 Å².